The maximum atomic E-state index is 13.5. The van der Waals surface area contributed by atoms with Gasteiger partial charge < -0.3 is 9.47 Å². The van der Waals surface area contributed by atoms with E-state index in [1.807, 2.05) is 42.6 Å². The van der Waals surface area contributed by atoms with Crippen LogP contribution in [-0.2, 0) is 19.3 Å². The monoisotopic (exact) mass is 518 g/mol. The zero-order chi connectivity index (χ0) is 23.4. The lowest BCUT2D eigenvalue weighted by Gasteiger charge is -2.35. The first kappa shape index (κ1) is 23.6. The van der Waals surface area contributed by atoms with Gasteiger partial charge in [0, 0.05) is 34.5 Å². The zero-order valence-corrected chi connectivity index (χ0v) is 19.8. The van der Waals surface area contributed by atoms with Gasteiger partial charge in [-0.3, -0.25) is 4.79 Å². The van der Waals surface area contributed by atoms with Gasteiger partial charge in [-0.2, -0.15) is 13.2 Å². The average molecular weight is 519 g/mol. The number of carbonyl (C=O) groups excluding carboxylic acids is 1. The summed E-state index contributed by atoms with van der Waals surface area (Å²) in [5, 5.41) is 0. The molecule has 4 rings (SSSR count). The predicted octanol–water partition coefficient (Wildman–Crippen LogP) is 7.29. The lowest BCUT2D eigenvalue weighted by atomic mass is 9.93. The van der Waals surface area contributed by atoms with Gasteiger partial charge in [0.05, 0.1) is 12.1 Å². The molecule has 174 valence electrons. The van der Waals surface area contributed by atoms with Crippen molar-refractivity contribution in [2.45, 2.75) is 57.4 Å². The molecular weight excluding hydrogens is 493 g/mol. The third-order valence-corrected chi connectivity index (χ3v) is 6.76. The summed E-state index contributed by atoms with van der Waals surface area (Å²) in [4.78, 5) is 15.3. The van der Waals surface area contributed by atoms with Crippen molar-refractivity contribution >= 4 is 21.8 Å². The van der Waals surface area contributed by atoms with E-state index in [1.54, 1.807) is 4.90 Å². The molecule has 0 saturated heterocycles. The van der Waals surface area contributed by atoms with E-state index in [0.717, 1.165) is 60.0 Å². The highest BCUT2D eigenvalue weighted by Gasteiger charge is 2.32. The summed E-state index contributed by atoms with van der Waals surface area (Å²) in [6, 6.07) is 16.8. The number of nitrogens with zero attached hydrogens (tertiary/aromatic N) is 2. The lowest BCUT2D eigenvalue weighted by molar-refractivity contribution is -0.137. The first-order valence-electron chi connectivity index (χ1n) is 11.2. The molecule has 1 aliphatic carbocycles. The van der Waals surface area contributed by atoms with Crippen molar-refractivity contribution in [2.24, 2.45) is 0 Å². The third-order valence-electron chi connectivity index (χ3n) is 6.24. The summed E-state index contributed by atoms with van der Waals surface area (Å²) in [5.41, 5.74) is 1.38. The largest absolute Gasteiger partial charge is 0.416 e. The van der Waals surface area contributed by atoms with Crippen LogP contribution in [0.1, 0.15) is 59.3 Å². The Morgan fingerprint density at radius 2 is 1.73 bits per heavy atom. The van der Waals surface area contributed by atoms with Gasteiger partial charge >= 0.3 is 6.18 Å². The van der Waals surface area contributed by atoms with Crippen LogP contribution < -0.4 is 0 Å². The van der Waals surface area contributed by atoms with Crippen LogP contribution in [-0.4, -0.2) is 21.4 Å². The number of halogens is 4. The van der Waals surface area contributed by atoms with Crippen molar-refractivity contribution in [1.29, 1.82) is 0 Å². The molecule has 0 spiro atoms. The number of alkyl halides is 3. The molecule has 0 radical (unpaired) electrons. The number of carbonyl (C=O) groups is 1. The molecule has 3 aromatic rings. The summed E-state index contributed by atoms with van der Waals surface area (Å²) < 4.78 is 42.8. The molecule has 1 heterocycles. The van der Waals surface area contributed by atoms with Gasteiger partial charge in [-0.1, -0.05) is 53.4 Å². The Labute approximate surface area is 200 Å². The SMILES string of the molecule is O=C(c1cccc(C(F)(F)F)c1)N(Cc1cccn1Cc1ccc(Br)cc1)C1CCCCC1. The maximum Gasteiger partial charge on any atom is 0.416 e. The number of hydrogen-bond acceptors (Lipinski definition) is 1. The molecule has 7 heteroatoms. The van der Waals surface area contributed by atoms with Gasteiger partial charge in [0.1, 0.15) is 0 Å². The van der Waals surface area contributed by atoms with E-state index in [0.29, 0.717) is 13.1 Å². The number of amides is 1. The molecule has 1 aromatic heterocycles. The standard InChI is InChI=1S/C26H26BrF3N2O/c27-22-13-11-19(12-14-22)17-31-15-5-10-24(31)18-32(23-8-2-1-3-9-23)25(33)20-6-4-7-21(16-20)26(28,29)30/h4-7,10-16,23H,1-3,8-9,17-18H2. The first-order valence-corrected chi connectivity index (χ1v) is 12.0. The summed E-state index contributed by atoms with van der Waals surface area (Å²) in [7, 11) is 0. The van der Waals surface area contributed by atoms with Crippen LogP contribution in [0.2, 0.25) is 0 Å². The summed E-state index contributed by atoms with van der Waals surface area (Å²) in [6.07, 6.45) is 2.42. The molecule has 1 amide bonds. The third kappa shape index (κ3) is 5.88. The fraction of sp³-hybridized carbons (Fsp3) is 0.346. The Morgan fingerprint density at radius 1 is 1.00 bits per heavy atom. The second-order valence-corrected chi connectivity index (χ2v) is 9.47. The van der Waals surface area contributed by atoms with E-state index in [4.69, 9.17) is 0 Å². The van der Waals surface area contributed by atoms with Crippen LogP contribution in [0.4, 0.5) is 13.2 Å². The molecule has 0 unspecified atom stereocenters. The van der Waals surface area contributed by atoms with Gasteiger partial charge in [-0.15, -0.1) is 0 Å². The highest BCUT2D eigenvalue weighted by atomic mass is 79.9. The van der Waals surface area contributed by atoms with Crippen LogP contribution in [0, 0.1) is 0 Å². The van der Waals surface area contributed by atoms with Crippen LogP contribution in [0.25, 0.3) is 0 Å². The van der Waals surface area contributed by atoms with Crippen molar-refractivity contribution in [1.82, 2.24) is 9.47 Å². The van der Waals surface area contributed by atoms with Gasteiger partial charge in [-0.25, -0.2) is 0 Å². The van der Waals surface area contributed by atoms with Gasteiger partial charge in [0.15, 0.2) is 0 Å². The molecule has 0 N–H and O–H groups in total. The highest BCUT2D eigenvalue weighted by molar-refractivity contribution is 9.10. The molecule has 3 nitrogen and oxygen atoms in total. The Kier molecular flexibility index (Phi) is 7.27. The molecule has 0 aliphatic heterocycles. The smallest absolute Gasteiger partial charge is 0.345 e. The van der Waals surface area contributed by atoms with E-state index in [9.17, 15) is 18.0 Å². The van der Waals surface area contributed by atoms with Crippen LogP contribution in [0.15, 0.2) is 71.3 Å². The Bertz CT molecular complexity index is 1090. The van der Waals surface area contributed by atoms with Crippen LogP contribution in [0.3, 0.4) is 0 Å². The fourth-order valence-electron chi connectivity index (χ4n) is 4.46. The van der Waals surface area contributed by atoms with Gasteiger partial charge in [-0.05, 0) is 60.9 Å². The van der Waals surface area contributed by atoms with Crippen molar-refractivity contribution in [3.8, 4) is 0 Å². The Hall–Kier alpha value is -2.54. The van der Waals surface area contributed by atoms with Crippen molar-refractivity contribution < 1.29 is 18.0 Å². The molecule has 33 heavy (non-hydrogen) atoms. The number of benzene rings is 2. The molecular formula is C26H26BrF3N2O. The van der Waals surface area contributed by atoms with Gasteiger partial charge in [0.25, 0.3) is 5.91 Å². The van der Waals surface area contributed by atoms with Crippen molar-refractivity contribution in [2.75, 3.05) is 0 Å². The molecule has 1 saturated carbocycles. The van der Waals surface area contributed by atoms with E-state index < -0.39 is 11.7 Å². The van der Waals surface area contributed by atoms with E-state index in [2.05, 4.69) is 20.5 Å². The number of hydrogen-bond donors (Lipinski definition) is 0. The number of aromatic nitrogens is 1. The van der Waals surface area contributed by atoms with Crippen molar-refractivity contribution in [3.63, 3.8) is 0 Å². The predicted molar refractivity (Wildman–Crippen MR) is 126 cm³/mol. The van der Waals surface area contributed by atoms with E-state index in [1.165, 1.54) is 12.1 Å². The molecule has 0 bridgehead atoms. The molecule has 1 fully saturated rings. The minimum absolute atomic E-state index is 0.0248. The zero-order valence-electron chi connectivity index (χ0n) is 18.2. The first-order chi connectivity index (χ1) is 15.8. The lowest BCUT2D eigenvalue weighted by Crippen LogP contribution is -2.41. The van der Waals surface area contributed by atoms with E-state index >= 15 is 0 Å². The van der Waals surface area contributed by atoms with Gasteiger partial charge in [0.2, 0.25) is 0 Å². The van der Waals surface area contributed by atoms with Crippen LogP contribution >= 0.6 is 15.9 Å². The maximum absolute atomic E-state index is 13.5. The highest BCUT2D eigenvalue weighted by Crippen LogP contribution is 2.31. The minimum Gasteiger partial charge on any atom is -0.345 e. The van der Waals surface area contributed by atoms with Crippen LogP contribution in [0.5, 0.6) is 0 Å². The summed E-state index contributed by atoms with van der Waals surface area (Å²) in [5.74, 6) is -0.343. The Morgan fingerprint density at radius 3 is 2.42 bits per heavy atom. The fourth-order valence-corrected chi connectivity index (χ4v) is 4.73. The number of rotatable bonds is 6. The Balaban J connectivity index is 1.61. The minimum atomic E-state index is -4.48. The topological polar surface area (TPSA) is 25.2 Å². The second-order valence-electron chi connectivity index (χ2n) is 8.56. The normalized spacial score (nSPS) is 14.9. The molecule has 0 atom stereocenters. The summed E-state index contributed by atoms with van der Waals surface area (Å²) in [6.45, 7) is 1.02. The quantitative estimate of drug-likeness (QED) is 0.336. The van der Waals surface area contributed by atoms with E-state index in [-0.39, 0.29) is 17.5 Å². The molecule has 1 aliphatic rings. The second kappa shape index (κ2) is 10.2. The summed E-state index contributed by atoms with van der Waals surface area (Å²) >= 11 is 3.45. The average Bonchev–Trinajstić information content (AvgIpc) is 3.25. The molecule has 2 aromatic carbocycles. The van der Waals surface area contributed by atoms with Crippen molar-refractivity contribution in [3.05, 3.63) is 93.7 Å².